The second-order valence-electron chi connectivity index (χ2n) is 6.19. The quantitative estimate of drug-likeness (QED) is 0.721. The van der Waals surface area contributed by atoms with Crippen LogP contribution in [0.3, 0.4) is 0 Å². The zero-order chi connectivity index (χ0) is 16.5. The first-order valence-electron chi connectivity index (χ1n) is 8.72. The number of unbranched alkanes of at least 4 members (excludes halogenated alkanes) is 3. The van der Waals surface area contributed by atoms with Crippen LogP contribution in [0.5, 0.6) is 5.75 Å². The summed E-state index contributed by atoms with van der Waals surface area (Å²) in [5.74, 6) is 0.433. The van der Waals surface area contributed by atoms with Gasteiger partial charge in [0.15, 0.2) is 0 Å². The third kappa shape index (κ3) is 6.10. The van der Waals surface area contributed by atoms with Crippen LogP contribution in [-0.4, -0.2) is 55.2 Å². The van der Waals surface area contributed by atoms with Crippen LogP contribution in [0.1, 0.15) is 32.6 Å². The van der Waals surface area contributed by atoms with Crippen molar-refractivity contribution in [2.24, 2.45) is 0 Å². The Morgan fingerprint density at radius 2 is 1.78 bits per heavy atom. The number of phenolic OH excluding ortho intramolecular Hbond substituents is 1. The van der Waals surface area contributed by atoms with Crippen LogP contribution in [-0.2, 0) is 4.79 Å². The van der Waals surface area contributed by atoms with E-state index in [2.05, 4.69) is 22.0 Å². The van der Waals surface area contributed by atoms with Crippen molar-refractivity contribution in [3.63, 3.8) is 0 Å². The molecule has 0 aliphatic carbocycles. The molecule has 0 aromatic heterocycles. The van der Waals surface area contributed by atoms with E-state index in [-0.39, 0.29) is 5.91 Å². The predicted molar refractivity (Wildman–Crippen MR) is 93.9 cm³/mol. The van der Waals surface area contributed by atoms with E-state index < -0.39 is 0 Å². The second kappa shape index (κ2) is 9.40. The van der Waals surface area contributed by atoms with Crippen LogP contribution in [0.4, 0.5) is 5.69 Å². The van der Waals surface area contributed by atoms with E-state index in [1.807, 2.05) is 12.1 Å². The van der Waals surface area contributed by atoms with Crippen molar-refractivity contribution in [2.75, 3.05) is 44.2 Å². The van der Waals surface area contributed by atoms with Crippen LogP contribution in [0.25, 0.3) is 0 Å². The molecule has 0 spiro atoms. The summed E-state index contributed by atoms with van der Waals surface area (Å²) in [6.45, 7) is 7.09. The van der Waals surface area contributed by atoms with E-state index in [0.717, 1.165) is 44.8 Å². The average molecular weight is 319 g/mol. The minimum atomic E-state index is 0.139. The summed E-state index contributed by atoms with van der Waals surface area (Å²) in [7, 11) is 0. The average Bonchev–Trinajstić information content (AvgIpc) is 2.56. The van der Waals surface area contributed by atoms with Gasteiger partial charge in [-0.3, -0.25) is 9.69 Å². The molecular weight excluding hydrogens is 290 g/mol. The number of piperazine rings is 1. The molecule has 5 nitrogen and oxygen atoms in total. The van der Waals surface area contributed by atoms with Crippen LogP contribution in [0, 0.1) is 0 Å². The van der Waals surface area contributed by atoms with Crippen molar-refractivity contribution >= 4 is 11.6 Å². The summed E-state index contributed by atoms with van der Waals surface area (Å²) < 4.78 is 0. The zero-order valence-corrected chi connectivity index (χ0v) is 14.1. The van der Waals surface area contributed by atoms with Gasteiger partial charge in [0.05, 0.1) is 6.54 Å². The van der Waals surface area contributed by atoms with Crippen LogP contribution in [0.2, 0.25) is 0 Å². The first-order valence-corrected chi connectivity index (χ1v) is 8.72. The van der Waals surface area contributed by atoms with E-state index in [0.29, 0.717) is 12.3 Å². The Bertz CT molecular complexity index is 468. The highest BCUT2D eigenvalue weighted by molar-refractivity contribution is 5.78. The molecule has 0 atom stereocenters. The van der Waals surface area contributed by atoms with Gasteiger partial charge < -0.3 is 15.3 Å². The van der Waals surface area contributed by atoms with Crippen molar-refractivity contribution in [3.8, 4) is 5.75 Å². The summed E-state index contributed by atoms with van der Waals surface area (Å²) in [5.41, 5.74) is 1.13. The Morgan fingerprint density at radius 1 is 1.09 bits per heavy atom. The number of rotatable bonds is 8. The number of aromatic hydroxyl groups is 1. The number of amides is 1. The van der Waals surface area contributed by atoms with Gasteiger partial charge in [0.25, 0.3) is 0 Å². The molecule has 5 heteroatoms. The Hall–Kier alpha value is -1.75. The maximum Gasteiger partial charge on any atom is 0.234 e. The minimum absolute atomic E-state index is 0.139. The predicted octanol–water partition coefficient (Wildman–Crippen LogP) is 2.21. The third-order valence-corrected chi connectivity index (χ3v) is 4.31. The molecule has 23 heavy (non-hydrogen) atoms. The minimum Gasteiger partial charge on any atom is -0.508 e. The lowest BCUT2D eigenvalue weighted by Gasteiger charge is -2.35. The molecule has 2 N–H and O–H groups in total. The number of hydrogen-bond acceptors (Lipinski definition) is 4. The van der Waals surface area contributed by atoms with Gasteiger partial charge in [-0.15, -0.1) is 0 Å². The van der Waals surface area contributed by atoms with Gasteiger partial charge in [0.1, 0.15) is 5.75 Å². The number of benzene rings is 1. The zero-order valence-electron chi connectivity index (χ0n) is 14.1. The molecule has 1 aliphatic rings. The molecule has 0 bridgehead atoms. The van der Waals surface area contributed by atoms with Crippen LogP contribution >= 0.6 is 0 Å². The number of nitrogens with zero attached hydrogens (tertiary/aromatic N) is 2. The van der Waals surface area contributed by atoms with E-state index >= 15 is 0 Å². The molecule has 1 aliphatic heterocycles. The van der Waals surface area contributed by atoms with Crippen molar-refractivity contribution < 1.29 is 9.90 Å². The lowest BCUT2D eigenvalue weighted by molar-refractivity contribution is -0.122. The largest absolute Gasteiger partial charge is 0.508 e. The Labute approximate surface area is 139 Å². The fraction of sp³-hybridized carbons (Fsp3) is 0.611. The molecule has 1 aromatic rings. The van der Waals surface area contributed by atoms with Crippen LogP contribution in [0.15, 0.2) is 24.3 Å². The number of carbonyl (C=O) groups excluding carboxylic acids is 1. The Balaban J connectivity index is 1.64. The topological polar surface area (TPSA) is 55.8 Å². The lowest BCUT2D eigenvalue weighted by atomic mass is 10.2. The number of phenols is 1. The van der Waals surface area contributed by atoms with Crippen molar-refractivity contribution in [1.29, 1.82) is 0 Å². The molecule has 0 radical (unpaired) electrons. The van der Waals surface area contributed by atoms with Crippen molar-refractivity contribution in [3.05, 3.63) is 24.3 Å². The molecule has 0 saturated carbocycles. The van der Waals surface area contributed by atoms with E-state index in [1.165, 1.54) is 19.3 Å². The highest BCUT2D eigenvalue weighted by Crippen LogP contribution is 2.19. The second-order valence-corrected chi connectivity index (χ2v) is 6.19. The SMILES string of the molecule is CCCCCCNC(=O)CN1CCN(c2ccc(O)cc2)CC1. The van der Waals surface area contributed by atoms with E-state index in [9.17, 15) is 9.90 Å². The molecule has 1 aromatic carbocycles. The standard InChI is InChI=1S/C18H29N3O2/c1-2-3-4-5-10-19-18(23)15-20-11-13-21(14-12-20)16-6-8-17(22)9-7-16/h6-9,22H,2-5,10-15H2,1H3,(H,19,23). The first-order chi connectivity index (χ1) is 11.2. The van der Waals surface area contributed by atoms with Gasteiger partial charge in [-0.25, -0.2) is 0 Å². The fourth-order valence-corrected chi connectivity index (χ4v) is 2.87. The van der Waals surface area contributed by atoms with E-state index in [1.54, 1.807) is 12.1 Å². The lowest BCUT2D eigenvalue weighted by Crippen LogP contribution is -2.49. The molecule has 1 amide bonds. The molecule has 1 heterocycles. The van der Waals surface area contributed by atoms with Crippen molar-refractivity contribution in [2.45, 2.75) is 32.6 Å². The van der Waals surface area contributed by atoms with Crippen LogP contribution < -0.4 is 10.2 Å². The molecule has 2 rings (SSSR count). The van der Waals surface area contributed by atoms with Gasteiger partial charge in [0.2, 0.25) is 5.91 Å². The van der Waals surface area contributed by atoms with E-state index in [4.69, 9.17) is 0 Å². The monoisotopic (exact) mass is 319 g/mol. The summed E-state index contributed by atoms with van der Waals surface area (Å²) in [4.78, 5) is 16.4. The van der Waals surface area contributed by atoms with Gasteiger partial charge in [-0.1, -0.05) is 26.2 Å². The summed E-state index contributed by atoms with van der Waals surface area (Å²) in [6, 6.07) is 7.31. The normalized spacial score (nSPS) is 15.6. The summed E-state index contributed by atoms with van der Waals surface area (Å²) in [5, 5.41) is 12.4. The number of hydrogen-bond donors (Lipinski definition) is 2. The molecule has 0 unspecified atom stereocenters. The van der Waals surface area contributed by atoms with Crippen molar-refractivity contribution in [1.82, 2.24) is 10.2 Å². The maximum absolute atomic E-state index is 11.9. The summed E-state index contributed by atoms with van der Waals surface area (Å²) >= 11 is 0. The Kier molecular flexibility index (Phi) is 7.20. The molecule has 1 saturated heterocycles. The molecule has 1 fully saturated rings. The molecule has 128 valence electrons. The summed E-state index contributed by atoms with van der Waals surface area (Å²) in [6.07, 6.45) is 4.74. The maximum atomic E-state index is 11.9. The van der Waals surface area contributed by atoms with Gasteiger partial charge in [0, 0.05) is 38.4 Å². The smallest absolute Gasteiger partial charge is 0.234 e. The highest BCUT2D eigenvalue weighted by atomic mass is 16.3. The number of nitrogens with one attached hydrogen (secondary N) is 1. The molecular formula is C18H29N3O2. The first kappa shape index (κ1) is 17.6. The van der Waals surface area contributed by atoms with Gasteiger partial charge >= 0.3 is 0 Å². The third-order valence-electron chi connectivity index (χ3n) is 4.31. The Morgan fingerprint density at radius 3 is 2.43 bits per heavy atom. The van der Waals surface area contributed by atoms with Gasteiger partial charge in [-0.05, 0) is 30.7 Å². The van der Waals surface area contributed by atoms with Gasteiger partial charge in [-0.2, -0.15) is 0 Å². The number of anilines is 1. The fourth-order valence-electron chi connectivity index (χ4n) is 2.87. The highest BCUT2D eigenvalue weighted by Gasteiger charge is 2.18. The number of carbonyl (C=O) groups is 1.